The number of hydrogen-bond donors (Lipinski definition) is 2. The number of sulfone groups is 1. The number of nitrogens with one attached hydrogen (secondary N) is 2. The zero-order valence-corrected chi connectivity index (χ0v) is 20.7. The minimum Gasteiger partial charge on any atom is -0.493 e. The number of sulfonamides is 1. The van der Waals surface area contributed by atoms with Crippen molar-refractivity contribution in [2.75, 3.05) is 18.1 Å². The van der Waals surface area contributed by atoms with Crippen molar-refractivity contribution in [2.45, 2.75) is 55.9 Å². The number of aromatic amines is 1. The van der Waals surface area contributed by atoms with Crippen molar-refractivity contribution >= 4 is 25.5 Å². The molecule has 2 aliphatic rings. The van der Waals surface area contributed by atoms with Gasteiger partial charge in [-0.2, -0.15) is 4.52 Å². The Hall–Kier alpha value is -2.84. The maximum Gasteiger partial charge on any atom is 0.296 e. The second kappa shape index (κ2) is 8.99. The summed E-state index contributed by atoms with van der Waals surface area (Å²) in [7, 11) is -7.30. The maximum absolute atomic E-state index is 13.1. The Morgan fingerprint density at radius 1 is 1.20 bits per heavy atom. The first-order valence-corrected chi connectivity index (χ1v) is 14.8. The van der Waals surface area contributed by atoms with E-state index >= 15 is 0 Å². The Morgan fingerprint density at radius 3 is 2.66 bits per heavy atom. The number of fused-ring (bicyclic) bond motifs is 1. The van der Waals surface area contributed by atoms with Gasteiger partial charge >= 0.3 is 0 Å². The van der Waals surface area contributed by atoms with Crippen LogP contribution in [0, 0.1) is 0 Å². The molecule has 3 heterocycles. The van der Waals surface area contributed by atoms with Crippen LogP contribution in [0.1, 0.15) is 50.8 Å². The molecule has 5 rings (SSSR count). The lowest BCUT2D eigenvalue weighted by molar-refractivity contribution is 0.341. The predicted molar refractivity (Wildman–Crippen MR) is 127 cm³/mol. The molecule has 1 atom stereocenters. The van der Waals surface area contributed by atoms with Gasteiger partial charge in [-0.3, -0.25) is 4.79 Å². The SMILES string of the molecule is CCOc1ccc(S(=O)(=O)NC2CCS(=O)(=O)C2)cc1-c1nn2c(C3CCCC3)nnc2c(=O)[nH]1. The Balaban J connectivity index is 1.57. The molecule has 1 aromatic carbocycles. The third-order valence-corrected chi connectivity index (χ3v) is 9.68. The quantitative estimate of drug-likeness (QED) is 0.460. The van der Waals surface area contributed by atoms with E-state index in [0.29, 0.717) is 18.2 Å². The lowest BCUT2D eigenvalue weighted by Crippen LogP contribution is -2.35. The number of nitrogens with zero attached hydrogens (tertiary/aromatic N) is 4. The van der Waals surface area contributed by atoms with Gasteiger partial charge in [-0.05, 0) is 44.4 Å². The van der Waals surface area contributed by atoms with E-state index in [1.165, 1.54) is 22.7 Å². The largest absolute Gasteiger partial charge is 0.493 e. The highest BCUT2D eigenvalue weighted by Gasteiger charge is 2.32. The van der Waals surface area contributed by atoms with Crippen LogP contribution in [0.2, 0.25) is 0 Å². The van der Waals surface area contributed by atoms with E-state index in [-0.39, 0.29) is 45.8 Å². The summed E-state index contributed by atoms with van der Waals surface area (Å²) in [4.78, 5) is 15.4. The molecule has 1 saturated heterocycles. The van der Waals surface area contributed by atoms with Gasteiger partial charge in [-0.15, -0.1) is 15.3 Å². The summed E-state index contributed by atoms with van der Waals surface area (Å²) in [5.41, 5.74) is -0.155. The normalized spacial score (nSPS) is 20.5. The molecule has 1 unspecified atom stereocenters. The monoisotopic (exact) mass is 522 g/mol. The van der Waals surface area contributed by atoms with Crippen molar-refractivity contribution < 1.29 is 21.6 Å². The third kappa shape index (κ3) is 4.69. The average Bonchev–Trinajstić information content (AvgIpc) is 3.53. The van der Waals surface area contributed by atoms with Crippen LogP contribution < -0.4 is 15.0 Å². The second-order valence-corrected chi connectivity index (χ2v) is 12.8. The summed E-state index contributed by atoms with van der Waals surface area (Å²) in [5, 5.41) is 12.8. The molecule has 1 saturated carbocycles. The molecule has 2 N–H and O–H groups in total. The second-order valence-electron chi connectivity index (χ2n) is 8.89. The molecule has 2 aromatic heterocycles. The van der Waals surface area contributed by atoms with E-state index < -0.39 is 31.5 Å². The van der Waals surface area contributed by atoms with Crippen LogP contribution in [0.3, 0.4) is 0 Å². The van der Waals surface area contributed by atoms with Gasteiger partial charge in [0, 0.05) is 12.0 Å². The molecule has 0 spiro atoms. The van der Waals surface area contributed by atoms with Gasteiger partial charge < -0.3 is 9.72 Å². The first-order valence-electron chi connectivity index (χ1n) is 11.5. The van der Waals surface area contributed by atoms with Gasteiger partial charge in [-0.25, -0.2) is 21.6 Å². The zero-order chi connectivity index (χ0) is 24.8. The van der Waals surface area contributed by atoms with Gasteiger partial charge in [0.05, 0.1) is 28.6 Å². The first kappa shape index (κ1) is 23.9. The Morgan fingerprint density at radius 2 is 1.97 bits per heavy atom. The molecule has 14 heteroatoms. The minimum absolute atomic E-state index is 0.0534. The highest BCUT2D eigenvalue weighted by Crippen LogP contribution is 2.34. The summed E-state index contributed by atoms with van der Waals surface area (Å²) < 4.78 is 59.2. The highest BCUT2D eigenvalue weighted by molar-refractivity contribution is 7.92. The third-order valence-electron chi connectivity index (χ3n) is 6.39. The lowest BCUT2D eigenvalue weighted by Gasteiger charge is -2.15. The van der Waals surface area contributed by atoms with E-state index in [1.807, 2.05) is 0 Å². The molecule has 0 bridgehead atoms. The maximum atomic E-state index is 13.1. The highest BCUT2D eigenvalue weighted by atomic mass is 32.2. The standard InChI is InChI=1S/C21H26N6O6S2/c1-2-33-17-8-7-15(35(31,32)26-14-9-10-34(29,30)12-14)11-16(17)18-22-21(28)20-24-23-19(27(20)25-18)13-5-3-4-6-13/h7-8,11,13-14,26H,2-6,9-10,12H2,1H3,(H,22,25,28). The average molecular weight is 523 g/mol. The summed E-state index contributed by atoms with van der Waals surface area (Å²) in [6.07, 6.45) is 4.23. The number of benzene rings is 1. The van der Waals surface area contributed by atoms with E-state index in [4.69, 9.17) is 4.74 Å². The van der Waals surface area contributed by atoms with Crippen LogP contribution in [0.25, 0.3) is 17.0 Å². The summed E-state index contributed by atoms with van der Waals surface area (Å²) >= 11 is 0. The van der Waals surface area contributed by atoms with Crippen LogP contribution in [0.4, 0.5) is 0 Å². The van der Waals surface area contributed by atoms with Gasteiger partial charge in [0.25, 0.3) is 5.56 Å². The summed E-state index contributed by atoms with van der Waals surface area (Å²) in [5.74, 6) is 0.924. The Bertz CT molecular complexity index is 1540. The van der Waals surface area contributed by atoms with Crippen LogP contribution in [-0.4, -0.2) is 65.8 Å². The zero-order valence-electron chi connectivity index (χ0n) is 19.1. The van der Waals surface area contributed by atoms with Crippen LogP contribution in [0.5, 0.6) is 5.75 Å². The van der Waals surface area contributed by atoms with Gasteiger partial charge in [-0.1, -0.05) is 12.8 Å². The fraction of sp³-hybridized carbons (Fsp3) is 0.524. The van der Waals surface area contributed by atoms with Crippen LogP contribution >= 0.6 is 0 Å². The van der Waals surface area contributed by atoms with E-state index in [1.54, 1.807) is 6.92 Å². The fourth-order valence-corrected chi connectivity index (χ4v) is 7.77. The predicted octanol–water partition coefficient (Wildman–Crippen LogP) is 1.00. The molecule has 35 heavy (non-hydrogen) atoms. The molecule has 0 amide bonds. The molecule has 1 aliphatic carbocycles. The van der Waals surface area contributed by atoms with E-state index in [2.05, 4.69) is 25.0 Å². The van der Waals surface area contributed by atoms with Crippen molar-refractivity contribution in [1.29, 1.82) is 0 Å². The first-order chi connectivity index (χ1) is 16.7. The van der Waals surface area contributed by atoms with E-state index in [0.717, 1.165) is 25.7 Å². The lowest BCUT2D eigenvalue weighted by atomic mass is 10.1. The topological polar surface area (TPSA) is 165 Å². The van der Waals surface area contributed by atoms with Crippen molar-refractivity contribution in [3.8, 4) is 17.1 Å². The molecule has 2 fully saturated rings. The van der Waals surface area contributed by atoms with Gasteiger partial charge in [0.15, 0.2) is 21.5 Å². The molecule has 188 valence electrons. The summed E-state index contributed by atoms with van der Waals surface area (Å²) in [6, 6.07) is 3.54. The van der Waals surface area contributed by atoms with Gasteiger partial charge in [0.2, 0.25) is 15.7 Å². The van der Waals surface area contributed by atoms with Crippen LogP contribution in [-0.2, 0) is 19.9 Å². The van der Waals surface area contributed by atoms with Crippen molar-refractivity contribution in [3.63, 3.8) is 0 Å². The number of rotatable bonds is 7. The van der Waals surface area contributed by atoms with E-state index in [9.17, 15) is 21.6 Å². The molecule has 12 nitrogen and oxygen atoms in total. The van der Waals surface area contributed by atoms with Crippen molar-refractivity contribution in [1.82, 2.24) is 29.5 Å². The van der Waals surface area contributed by atoms with Gasteiger partial charge in [0.1, 0.15) is 5.75 Å². The number of hydrogen-bond acceptors (Lipinski definition) is 9. The number of H-pyrrole nitrogens is 1. The van der Waals surface area contributed by atoms with Crippen molar-refractivity contribution in [2.24, 2.45) is 0 Å². The molecular formula is C21H26N6O6S2. The molecule has 0 radical (unpaired) electrons. The summed E-state index contributed by atoms with van der Waals surface area (Å²) in [6.45, 7) is 2.09. The minimum atomic E-state index is -4.04. The molecule has 3 aromatic rings. The number of ether oxygens (including phenoxy) is 1. The fourth-order valence-electron chi connectivity index (χ4n) is 4.70. The van der Waals surface area contributed by atoms with Crippen molar-refractivity contribution in [3.05, 3.63) is 34.4 Å². The van der Waals surface area contributed by atoms with Crippen LogP contribution in [0.15, 0.2) is 27.9 Å². The smallest absolute Gasteiger partial charge is 0.296 e. The molecular weight excluding hydrogens is 496 g/mol. The Kier molecular flexibility index (Phi) is 6.13. The molecule has 1 aliphatic heterocycles. The Labute approximate surface area is 202 Å². The number of aromatic nitrogens is 5.